The van der Waals surface area contributed by atoms with Crippen molar-refractivity contribution in [2.24, 2.45) is 50.7 Å². The third-order valence-electron chi connectivity index (χ3n) is 13.5. The van der Waals surface area contributed by atoms with Gasteiger partial charge in [-0.15, -0.1) is 0 Å². The maximum atomic E-state index is 13.3. The van der Waals surface area contributed by atoms with Crippen LogP contribution in [0, 0.1) is 50.7 Å². The number of carbonyl (C=O) groups excluding carboxylic acids is 2. The van der Waals surface area contributed by atoms with E-state index in [4.69, 9.17) is 0 Å². The first kappa shape index (κ1) is 23.7. The summed E-state index contributed by atoms with van der Waals surface area (Å²) in [6.45, 7) is 18.8. The molecule has 0 aromatic heterocycles. The maximum Gasteiger partial charge on any atom is 0.223 e. The molecule has 0 aromatic rings. The summed E-state index contributed by atoms with van der Waals surface area (Å²) in [6, 6.07) is 0.613. The summed E-state index contributed by atoms with van der Waals surface area (Å²) in [5.74, 6) is 2.22. The van der Waals surface area contributed by atoms with E-state index in [1.807, 2.05) is 0 Å². The highest BCUT2D eigenvalue weighted by molar-refractivity contribution is 5.82. The molecule has 0 heterocycles. The Balaban J connectivity index is 1.16. The van der Waals surface area contributed by atoms with Crippen molar-refractivity contribution < 1.29 is 9.59 Å². The van der Waals surface area contributed by atoms with E-state index < -0.39 is 0 Å². The summed E-state index contributed by atoms with van der Waals surface area (Å²) < 4.78 is 0. The minimum atomic E-state index is -0.118. The van der Waals surface area contributed by atoms with E-state index in [-0.39, 0.29) is 34.0 Å². The number of rotatable bonds is 5. The van der Waals surface area contributed by atoms with Gasteiger partial charge in [0.25, 0.3) is 0 Å². The van der Waals surface area contributed by atoms with Gasteiger partial charge in [-0.25, -0.2) is 0 Å². The number of hydrogen-bond donors (Lipinski definition) is 2. The molecule has 5 saturated carbocycles. The number of amides is 2. The monoisotopic (exact) mass is 456 g/mol. The van der Waals surface area contributed by atoms with Crippen molar-refractivity contribution in [2.45, 2.75) is 119 Å². The lowest BCUT2D eigenvalue weighted by Gasteiger charge is -2.52. The predicted molar refractivity (Wildman–Crippen MR) is 132 cm³/mol. The van der Waals surface area contributed by atoms with Crippen LogP contribution >= 0.6 is 0 Å². The van der Waals surface area contributed by atoms with Crippen LogP contribution in [0.3, 0.4) is 0 Å². The first-order valence-corrected chi connectivity index (χ1v) is 13.7. The van der Waals surface area contributed by atoms with Crippen LogP contribution < -0.4 is 10.6 Å². The van der Waals surface area contributed by atoms with E-state index in [1.54, 1.807) is 0 Å². The molecule has 5 aliphatic carbocycles. The first-order chi connectivity index (χ1) is 15.1. The van der Waals surface area contributed by atoms with Crippen molar-refractivity contribution in [3.05, 3.63) is 0 Å². The van der Waals surface area contributed by atoms with Gasteiger partial charge in [0.15, 0.2) is 0 Å². The van der Waals surface area contributed by atoms with Crippen molar-refractivity contribution in [1.29, 1.82) is 0 Å². The zero-order chi connectivity index (χ0) is 24.2. The summed E-state index contributed by atoms with van der Waals surface area (Å²) in [5.41, 5.74) is 0.939. The molecule has 0 radical (unpaired) electrons. The molecular weight excluding hydrogens is 408 g/mol. The molecule has 33 heavy (non-hydrogen) atoms. The van der Waals surface area contributed by atoms with Gasteiger partial charge in [0.1, 0.15) is 0 Å². The Kier molecular flexibility index (Phi) is 5.02. The standard InChI is InChI=1S/C29H48N2O2/c1-25(2)19(16-23(32)30-21-14-17-9-11-28(21,7)26(17,3)4)13-20(25)24(33)31-22-15-18-10-12-29(22,8)27(18,5)6/h17-22H,9-16H2,1-8H3,(H,30,32)(H,31,33)/t17-,18+,19+,20-,21-,22-,28-,29+/m1/s1. The lowest BCUT2D eigenvalue weighted by Crippen LogP contribution is -2.57. The number of hydrogen-bond acceptors (Lipinski definition) is 2. The molecule has 5 rings (SSSR count). The van der Waals surface area contributed by atoms with Gasteiger partial charge in [0.2, 0.25) is 11.8 Å². The molecule has 0 aromatic carbocycles. The van der Waals surface area contributed by atoms with Crippen LogP contribution in [0.5, 0.6) is 0 Å². The number of fused-ring (bicyclic) bond motifs is 4. The Labute approximate surface area is 201 Å². The minimum Gasteiger partial charge on any atom is -0.353 e. The molecule has 5 aliphatic rings. The molecule has 2 N–H and O–H groups in total. The van der Waals surface area contributed by atoms with Gasteiger partial charge < -0.3 is 10.6 Å². The fourth-order valence-electron chi connectivity index (χ4n) is 9.40. The van der Waals surface area contributed by atoms with Crippen molar-refractivity contribution in [1.82, 2.24) is 10.6 Å². The van der Waals surface area contributed by atoms with Crippen LogP contribution in [0.1, 0.15) is 107 Å². The average Bonchev–Trinajstić information content (AvgIpc) is 3.22. The second-order valence-electron chi connectivity index (χ2n) is 14.9. The Morgan fingerprint density at radius 3 is 1.61 bits per heavy atom. The van der Waals surface area contributed by atoms with Gasteiger partial charge in [-0.2, -0.15) is 0 Å². The summed E-state index contributed by atoms with van der Waals surface area (Å²) in [4.78, 5) is 26.4. The third kappa shape index (κ3) is 3.00. The number of nitrogens with one attached hydrogen (secondary N) is 2. The Bertz CT molecular complexity index is 860. The molecular formula is C29H48N2O2. The maximum absolute atomic E-state index is 13.3. The molecule has 4 nitrogen and oxygen atoms in total. The fraction of sp³-hybridized carbons (Fsp3) is 0.931. The van der Waals surface area contributed by atoms with Crippen LogP contribution in [-0.2, 0) is 9.59 Å². The summed E-state index contributed by atoms with van der Waals surface area (Å²) in [6.07, 6.45) is 8.73. The third-order valence-corrected chi connectivity index (χ3v) is 13.5. The highest BCUT2D eigenvalue weighted by Crippen LogP contribution is 2.66. The zero-order valence-electron chi connectivity index (χ0n) is 22.4. The molecule has 4 heteroatoms. The topological polar surface area (TPSA) is 58.2 Å². The Morgan fingerprint density at radius 1 is 0.727 bits per heavy atom. The van der Waals surface area contributed by atoms with Gasteiger partial charge >= 0.3 is 0 Å². The predicted octanol–water partition coefficient (Wildman–Crippen LogP) is 5.70. The zero-order valence-corrected chi connectivity index (χ0v) is 22.4. The van der Waals surface area contributed by atoms with E-state index in [2.05, 4.69) is 66.0 Å². The SMILES string of the molecule is CC1(C)[C@H](CC(=O)N[C@@H]2C[C@H]3CC[C@@]2(C)C3(C)C)C[C@@H]1C(=O)N[C@@H]1C[C@@H]2CC[C@]1(C)C2(C)C. The van der Waals surface area contributed by atoms with Crippen LogP contribution in [0.2, 0.25) is 0 Å². The summed E-state index contributed by atoms with van der Waals surface area (Å²) in [7, 11) is 0. The van der Waals surface area contributed by atoms with Gasteiger partial charge in [-0.1, -0.05) is 55.4 Å². The van der Waals surface area contributed by atoms with E-state index in [0.29, 0.717) is 35.3 Å². The first-order valence-electron chi connectivity index (χ1n) is 13.7. The van der Waals surface area contributed by atoms with Gasteiger partial charge in [-0.05, 0) is 89.8 Å². The highest BCUT2D eigenvalue weighted by atomic mass is 16.2. The van der Waals surface area contributed by atoms with Gasteiger partial charge in [0.05, 0.1) is 0 Å². The summed E-state index contributed by atoms with van der Waals surface area (Å²) >= 11 is 0. The Morgan fingerprint density at radius 2 is 1.21 bits per heavy atom. The van der Waals surface area contributed by atoms with E-state index in [1.165, 1.54) is 25.7 Å². The van der Waals surface area contributed by atoms with Crippen molar-refractivity contribution in [3.63, 3.8) is 0 Å². The molecule has 8 atom stereocenters. The van der Waals surface area contributed by atoms with Crippen LogP contribution in [0.4, 0.5) is 0 Å². The van der Waals surface area contributed by atoms with E-state index in [9.17, 15) is 9.59 Å². The molecule has 2 amide bonds. The fourth-order valence-corrected chi connectivity index (χ4v) is 9.40. The molecule has 0 aliphatic heterocycles. The van der Waals surface area contributed by atoms with Crippen LogP contribution in [0.15, 0.2) is 0 Å². The minimum absolute atomic E-state index is 0.0279. The van der Waals surface area contributed by atoms with Gasteiger partial charge in [-0.3, -0.25) is 9.59 Å². The average molecular weight is 457 g/mol. The molecule has 0 spiro atoms. The van der Waals surface area contributed by atoms with E-state index in [0.717, 1.165) is 31.1 Å². The molecule has 0 saturated heterocycles. The summed E-state index contributed by atoms with van der Waals surface area (Å²) in [5, 5.41) is 6.93. The quantitative estimate of drug-likeness (QED) is 0.557. The lowest BCUT2D eigenvalue weighted by atomic mass is 9.53. The van der Waals surface area contributed by atoms with Crippen molar-refractivity contribution >= 4 is 11.8 Å². The smallest absolute Gasteiger partial charge is 0.223 e. The van der Waals surface area contributed by atoms with Crippen molar-refractivity contribution in [2.75, 3.05) is 0 Å². The highest BCUT2D eigenvalue weighted by Gasteiger charge is 2.63. The molecule has 5 fully saturated rings. The second kappa shape index (κ2) is 7.00. The second-order valence-corrected chi connectivity index (χ2v) is 14.9. The molecule has 4 bridgehead atoms. The van der Waals surface area contributed by atoms with Crippen LogP contribution in [-0.4, -0.2) is 23.9 Å². The van der Waals surface area contributed by atoms with Gasteiger partial charge in [0, 0.05) is 24.4 Å². The lowest BCUT2D eigenvalue weighted by molar-refractivity contribution is -0.146. The van der Waals surface area contributed by atoms with Crippen LogP contribution in [0.25, 0.3) is 0 Å². The molecule has 186 valence electrons. The Hall–Kier alpha value is -1.06. The van der Waals surface area contributed by atoms with Crippen molar-refractivity contribution in [3.8, 4) is 0 Å². The number of carbonyl (C=O) groups is 2. The normalized spacial score (nSPS) is 47.9. The molecule has 0 unspecified atom stereocenters. The largest absolute Gasteiger partial charge is 0.353 e. The van der Waals surface area contributed by atoms with E-state index >= 15 is 0 Å².